The molecule has 0 aromatic carbocycles. The molecule has 1 rings (SSSR count). The van der Waals surface area contributed by atoms with Crippen molar-refractivity contribution in [3.63, 3.8) is 0 Å². The van der Waals surface area contributed by atoms with Crippen LogP contribution in [0.3, 0.4) is 0 Å². The first kappa shape index (κ1) is 23.7. The molecule has 146 valence electrons. The highest BCUT2D eigenvalue weighted by Gasteiger charge is 2.26. The molecule has 1 unspecified atom stereocenters. The molecule has 1 atom stereocenters. The quantitative estimate of drug-likeness (QED) is 0.557. The summed E-state index contributed by atoms with van der Waals surface area (Å²) in [5.41, 5.74) is 5.36. The molecular weight excluding hydrogens is 344 g/mol. The summed E-state index contributed by atoms with van der Waals surface area (Å²) >= 11 is 0. The number of hydrogen-bond acceptors (Lipinski definition) is 4. The fraction of sp³-hybridized carbons (Fsp3) is 0.824. The Balaban J connectivity index is 0.00000576. The van der Waals surface area contributed by atoms with Crippen molar-refractivity contribution >= 4 is 30.1 Å². The Morgan fingerprint density at radius 3 is 2.48 bits per heavy atom. The Morgan fingerprint density at radius 2 is 1.84 bits per heavy atom. The van der Waals surface area contributed by atoms with Crippen molar-refractivity contribution in [1.29, 1.82) is 0 Å². The molecule has 0 saturated carbocycles. The molecule has 1 saturated heterocycles. The molecule has 0 aromatic heterocycles. The SMILES string of the molecule is CC(C)NC(=O)CCCC(=O)N1CCCCC1CNC(=O)CCN.Cl. The van der Waals surface area contributed by atoms with Crippen molar-refractivity contribution < 1.29 is 14.4 Å². The highest BCUT2D eigenvalue weighted by Crippen LogP contribution is 2.18. The van der Waals surface area contributed by atoms with E-state index in [9.17, 15) is 14.4 Å². The fourth-order valence-corrected chi connectivity index (χ4v) is 2.93. The minimum Gasteiger partial charge on any atom is -0.354 e. The van der Waals surface area contributed by atoms with Gasteiger partial charge in [0.2, 0.25) is 17.7 Å². The van der Waals surface area contributed by atoms with E-state index in [0.717, 1.165) is 25.8 Å². The summed E-state index contributed by atoms with van der Waals surface area (Å²) in [6.07, 6.45) is 4.58. The third-order valence-electron chi connectivity index (χ3n) is 4.10. The van der Waals surface area contributed by atoms with E-state index in [1.165, 1.54) is 0 Å². The number of halogens is 1. The molecule has 1 heterocycles. The van der Waals surface area contributed by atoms with E-state index in [1.807, 2.05) is 18.7 Å². The van der Waals surface area contributed by atoms with Gasteiger partial charge in [-0.25, -0.2) is 0 Å². The zero-order valence-corrected chi connectivity index (χ0v) is 16.2. The van der Waals surface area contributed by atoms with E-state index in [2.05, 4.69) is 10.6 Å². The van der Waals surface area contributed by atoms with E-state index in [-0.39, 0.29) is 42.2 Å². The Bertz CT molecular complexity index is 432. The maximum Gasteiger partial charge on any atom is 0.222 e. The van der Waals surface area contributed by atoms with Gasteiger partial charge in [0.05, 0.1) is 0 Å². The van der Waals surface area contributed by atoms with Crippen molar-refractivity contribution in [2.45, 2.75) is 70.9 Å². The summed E-state index contributed by atoms with van der Waals surface area (Å²) < 4.78 is 0. The minimum absolute atomic E-state index is 0. The normalized spacial score (nSPS) is 17.0. The maximum atomic E-state index is 12.4. The second kappa shape index (κ2) is 12.9. The van der Waals surface area contributed by atoms with E-state index in [1.54, 1.807) is 0 Å². The van der Waals surface area contributed by atoms with E-state index >= 15 is 0 Å². The minimum atomic E-state index is -0.0687. The topological polar surface area (TPSA) is 105 Å². The lowest BCUT2D eigenvalue weighted by Crippen LogP contribution is -2.49. The predicted molar refractivity (Wildman–Crippen MR) is 100 cm³/mol. The van der Waals surface area contributed by atoms with E-state index in [4.69, 9.17) is 5.73 Å². The molecule has 3 amide bonds. The van der Waals surface area contributed by atoms with E-state index < -0.39 is 0 Å². The Labute approximate surface area is 156 Å². The van der Waals surface area contributed by atoms with E-state index in [0.29, 0.717) is 38.8 Å². The standard InChI is InChI=1S/C17H32N4O3.ClH/c1-13(2)20-16(23)7-5-8-17(24)21-11-4-3-6-14(21)12-19-15(22)9-10-18;/h13-14H,3-12,18H2,1-2H3,(H,19,22)(H,20,23);1H. The summed E-state index contributed by atoms with van der Waals surface area (Å²) in [6, 6.07) is 0.175. The lowest BCUT2D eigenvalue weighted by molar-refractivity contribution is -0.135. The number of likely N-dealkylation sites (tertiary alicyclic amines) is 1. The van der Waals surface area contributed by atoms with Gasteiger partial charge in [-0.1, -0.05) is 0 Å². The number of piperidine rings is 1. The molecule has 0 bridgehead atoms. The van der Waals surface area contributed by atoms with Gasteiger partial charge in [0.25, 0.3) is 0 Å². The van der Waals surface area contributed by atoms with Crippen LogP contribution in [-0.2, 0) is 14.4 Å². The Hall–Kier alpha value is -1.34. The zero-order chi connectivity index (χ0) is 17.9. The smallest absolute Gasteiger partial charge is 0.222 e. The molecule has 4 N–H and O–H groups in total. The summed E-state index contributed by atoms with van der Waals surface area (Å²) in [5.74, 6) is -0.00649. The van der Waals surface area contributed by atoms with Gasteiger partial charge in [0.15, 0.2) is 0 Å². The number of rotatable bonds is 9. The van der Waals surface area contributed by atoms with Crippen LogP contribution in [-0.4, -0.2) is 54.3 Å². The van der Waals surface area contributed by atoms with Crippen LogP contribution in [0.5, 0.6) is 0 Å². The summed E-state index contributed by atoms with van der Waals surface area (Å²) in [4.78, 5) is 37.5. The second-order valence-corrected chi connectivity index (χ2v) is 6.66. The maximum absolute atomic E-state index is 12.4. The van der Waals surface area contributed by atoms with Crippen LogP contribution >= 0.6 is 12.4 Å². The van der Waals surface area contributed by atoms with Crippen LogP contribution in [0.2, 0.25) is 0 Å². The lowest BCUT2D eigenvalue weighted by atomic mass is 10.0. The van der Waals surface area contributed by atoms with Gasteiger partial charge in [-0.3, -0.25) is 14.4 Å². The second-order valence-electron chi connectivity index (χ2n) is 6.66. The first-order valence-electron chi connectivity index (χ1n) is 8.99. The molecule has 1 aliphatic rings. The number of carbonyl (C=O) groups is 3. The van der Waals surface area contributed by atoms with Crippen LogP contribution in [0.15, 0.2) is 0 Å². The molecule has 7 nitrogen and oxygen atoms in total. The van der Waals surface area contributed by atoms with Crippen LogP contribution < -0.4 is 16.4 Å². The molecule has 25 heavy (non-hydrogen) atoms. The van der Waals surface area contributed by atoms with Crippen molar-refractivity contribution in [3.8, 4) is 0 Å². The first-order valence-corrected chi connectivity index (χ1v) is 8.99. The number of carbonyl (C=O) groups excluding carboxylic acids is 3. The molecule has 0 radical (unpaired) electrons. The molecule has 1 aliphatic heterocycles. The number of hydrogen-bond donors (Lipinski definition) is 3. The van der Waals surface area contributed by atoms with Gasteiger partial charge >= 0.3 is 0 Å². The molecule has 1 fully saturated rings. The number of nitrogens with one attached hydrogen (secondary N) is 2. The zero-order valence-electron chi connectivity index (χ0n) is 15.4. The Morgan fingerprint density at radius 1 is 1.12 bits per heavy atom. The third kappa shape index (κ3) is 9.65. The molecule has 0 aliphatic carbocycles. The highest BCUT2D eigenvalue weighted by molar-refractivity contribution is 5.85. The van der Waals surface area contributed by atoms with Crippen molar-refractivity contribution in [2.75, 3.05) is 19.6 Å². The predicted octanol–water partition coefficient (Wildman–Crippen LogP) is 0.949. The van der Waals surface area contributed by atoms with Gasteiger partial charge in [-0.2, -0.15) is 0 Å². The highest BCUT2D eigenvalue weighted by atomic mass is 35.5. The number of nitrogens with zero attached hydrogens (tertiary/aromatic N) is 1. The summed E-state index contributed by atoms with van der Waals surface area (Å²) in [7, 11) is 0. The van der Waals surface area contributed by atoms with Gasteiger partial charge in [0, 0.05) is 51.0 Å². The Kier molecular flexibility index (Phi) is 12.2. The largest absolute Gasteiger partial charge is 0.354 e. The van der Waals surface area contributed by atoms with Gasteiger partial charge in [-0.15, -0.1) is 12.4 Å². The van der Waals surface area contributed by atoms with Crippen molar-refractivity contribution in [1.82, 2.24) is 15.5 Å². The van der Waals surface area contributed by atoms with Gasteiger partial charge in [-0.05, 0) is 39.5 Å². The van der Waals surface area contributed by atoms with Crippen LogP contribution in [0.25, 0.3) is 0 Å². The number of amides is 3. The van der Waals surface area contributed by atoms with Crippen molar-refractivity contribution in [3.05, 3.63) is 0 Å². The summed E-state index contributed by atoms with van der Waals surface area (Å²) in [6.45, 7) is 5.38. The molecule has 8 heteroatoms. The first-order chi connectivity index (χ1) is 11.4. The van der Waals surface area contributed by atoms with Gasteiger partial charge < -0.3 is 21.3 Å². The average Bonchev–Trinajstić information content (AvgIpc) is 2.52. The van der Waals surface area contributed by atoms with Crippen molar-refractivity contribution in [2.24, 2.45) is 5.73 Å². The van der Waals surface area contributed by atoms with Gasteiger partial charge in [0.1, 0.15) is 0 Å². The molecule has 0 spiro atoms. The monoisotopic (exact) mass is 376 g/mol. The van der Waals surface area contributed by atoms with Crippen LogP contribution in [0.1, 0.15) is 58.8 Å². The molecular formula is C17H33ClN4O3. The summed E-state index contributed by atoms with van der Waals surface area (Å²) in [5, 5.41) is 5.69. The third-order valence-corrected chi connectivity index (χ3v) is 4.10. The lowest BCUT2D eigenvalue weighted by Gasteiger charge is -2.36. The molecule has 0 aromatic rings. The van der Waals surface area contributed by atoms with Crippen LogP contribution in [0, 0.1) is 0 Å². The fourth-order valence-electron chi connectivity index (χ4n) is 2.93. The van der Waals surface area contributed by atoms with Crippen LogP contribution in [0.4, 0.5) is 0 Å². The average molecular weight is 377 g/mol. The number of nitrogens with two attached hydrogens (primary N) is 1.